The highest BCUT2D eigenvalue weighted by Gasteiger charge is 2.17. The first kappa shape index (κ1) is 13.3. The topological polar surface area (TPSA) is 88.2 Å². The van der Waals surface area contributed by atoms with Crippen molar-refractivity contribution in [2.24, 2.45) is 0 Å². The van der Waals surface area contributed by atoms with Gasteiger partial charge in [0.2, 0.25) is 0 Å². The van der Waals surface area contributed by atoms with Crippen molar-refractivity contribution in [2.75, 3.05) is 17.6 Å². The summed E-state index contributed by atoms with van der Waals surface area (Å²) >= 11 is 1.50. The zero-order valence-electron chi connectivity index (χ0n) is 9.89. The maximum absolute atomic E-state index is 13.2. The van der Waals surface area contributed by atoms with Gasteiger partial charge in [-0.1, -0.05) is 0 Å². The molecule has 1 aromatic heterocycles. The van der Waals surface area contributed by atoms with E-state index < -0.39 is 11.8 Å². The average Bonchev–Trinajstić information content (AvgIpc) is 2.86. The lowest BCUT2D eigenvalue weighted by atomic mass is 10.1. The number of benzene rings is 1. The van der Waals surface area contributed by atoms with Gasteiger partial charge in [0, 0.05) is 18.3 Å². The predicted molar refractivity (Wildman–Crippen MR) is 72.1 cm³/mol. The number of nitrogens with two attached hydrogens (primary N) is 1. The third-order valence-corrected chi connectivity index (χ3v) is 3.22. The second kappa shape index (κ2) is 5.66. The van der Waals surface area contributed by atoms with Crippen molar-refractivity contribution in [3.63, 3.8) is 0 Å². The largest absolute Gasteiger partial charge is 0.478 e. The highest BCUT2D eigenvalue weighted by molar-refractivity contribution is 7.07. The van der Waals surface area contributed by atoms with Crippen LogP contribution >= 0.6 is 11.3 Å². The molecule has 2 rings (SSSR count). The lowest BCUT2D eigenvalue weighted by Crippen LogP contribution is -2.12. The number of anilines is 2. The molecule has 0 atom stereocenters. The summed E-state index contributed by atoms with van der Waals surface area (Å²) in [6, 6.07) is 2.52. The molecule has 0 bridgehead atoms. The number of aromatic nitrogens is 1. The number of halogens is 1. The van der Waals surface area contributed by atoms with Gasteiger partial charge in [-0.3, -0.25) is 0 Å². The molecule has 7 heteroatoms. The van der Waals surface area contributed by atoms with Crippen LogP contribution in [0, 0.1) is 5.82 Å². The van der Waals surface area contributed by atoms with Crippen molar-refractivity contribution in [1.82, 2.24) is 4.98 Å². The summed E-state index contributed by atoms with van der Waals surface area (Å²) in [5.41, 5.74) is 7.81. The second-order valence-corrected chi connectivity index (χ2v) is 4.56. The number of aromatic carboxylic acids is 1. The van der Waals surface area contributed by atoms with Crippen LogP contribution in [0.25, 0.3) is 0 Å². The van der Waals surface area contributed by atoms with E-state index >= 15 is 0 Å². The first-order chi connectivity index (χ1) is 9.09. The highest BCUT2D eigenvalue weighted by Crippen LogP contribution is 2.25. The molecule has 0 saturated carbocycles. The summed E-state index contributed by atoms with van der Waals surface area (Å²) in [4.78, 5) is 15.2. The Hall–Kier alpha value is -2.15. The van der Waals surface area contributed by atoms with Crippen LogP contribution in [0.1, 0.15) is 16.1 Å². The molecular formula is C12H12FN3O2S. The minimum atomic E-state index is -1.26. The van der Waals surface area contributed by atoms with Gasteiger partial charge in [-0.15, -0.1) is 11.3 Å². The fourth-order valence-corrected chi connectivity index (χ4v) is 2.25. The first-order valence-corrected chi connectivity index (χ1v) is 6.46. The lowest BCUT2D eigenvalue weighted by Gasteiger charge is -2.11. The maximum Gasteiger partial charge on any atom is 0.340 e. The number of rotatable bonds is 5. The number of nitrogens with zero attached hydrogens (tertiary/aromatic N) is 1. The Morgan fingerprint density at radius 2 is 2.32 bits per heavy atom. The molecule has 19 heavy (non-hydrogen) atoms. The van der Waals surface area contributed by atoms with E-state index in [2.05, 4.69) is 10.3 Å². The van der Waals surface area contributed by atoms with E-state index in [1.807, 2.05) is 5.38 Å². The molecule has 1 heterocycles. The molecule has 0 unspecified atom stereocenters. The van der Waals surface area contributed by atoms with Crippen molar-refractivity contribution in [3.05, 3.63) is 40.1 Å². The molecule has 2 aromatic rings. The van der Waals surface area contributed by atoms with Gasteiger partial charge in [0.15, 0.2) is 0 Å². The Labute approximate surface area is 112 Å². The van der Waals surface area contributed by atoms with Crippen molar-refractivity contribution < 1.29 is 14.3 Å². The van der Waals surface area contributed by atoms with Gasteiger partial charge in [0.1, 0.15) is 11.4 Å². The van der Waals surface area contributed by atoms with Crippen LogP contribution in [0.3, 0.4) is 0 Å². The fraction of sp³-hybridized carbons (Fsp3) is 0.167. The zero-order valence-corrected chi connectivity index (χ0v) is 10.7. The van der Waals surface area contributed by atoms with Crippen LogP contribution in [0.15, 0.2) is 23.0 Å². The molecule has 4 N–H and O–H groups in total. The standard InChI is InChI=1S/C12H12FN3O2S/c13-8-1-2-9(10(11(8)14)12(17)18)15-4-3-7-5-19-6-16-7/h1-2,5-6,15H,3-4,14H2,(H,17,18). The Morgan fingerprint density at radius 1 is 1.53 bits per heavy atom. The number of hydrogen-bond acceptors (Lipinski definition) is 5. The molecule has 0 saturated heterocycles. The Morgan fingerprint density at radius 3 is 2.95 bits per heavy atom. The number of hydrogen-bond donors (Lipinski definition) is 3. The molecule has 0 spiro atoms. The van der Waals surface area contributed by atoms with Gasteiger partial charge < -0.3 is 16.2 Å². The van der Waals surface area contributed by atoms with Gasteiger partial charge >= 0.3 is 5.97 Å². The molecule has 0 aliphatic carbocycles. The molecule has 0 amide bonds. The number of nitrogen functional groups attached to an aromatic ring is 1. The van der Waals surface area contributed by atoms with Crippen LogP contribution < -0.4 is 11.1 Å². The number of carboxylic acid groups (broad SMARTS) is 1. The molecule has 0 aliphatic heterocycles. The Bertz CT molecular complexity index is 587. The minimum Gasteiger partial charge on any atom is -0.478 e. The Kier molecular flexibility index (Phi) is 3.96. The van der Waals surface area contributed by atoms with Crippen LogP contribution in [0.4, 0.5) is 15.8 Å². The molecule has 0 aliphatic rings. The number of carboxylic acids is 1. The van der Waals surface area contributed by atoms with Gasteiger partial charge in [-0.25, -0.2) is 14.2 Å². The zero-order chi connectivity index (χ0) is 13.8. The molecular weight excluding hydrogens is 269 g/mol. The third kappa shape index (κ3) is 3.00. The summed E-state index contributed by atoms with van der Waals surface area (Å²) in [6.45, 7) is 0.495. The minimum absolute atomic E-state index is 0.238. The maximum atomic E-state index is 13.2. The predicted octanol–water partition coefficient (Wildman–Crippen LogP) is 2.22. The quantitative estimate of drug-likeness (QED) is 0.731. The molecule has 0 fully saturated rings. The van der Waals surface area contributed by atoms with E-state index in [9.17, 15) is 9.18 Å². The van der Waals surface area contributed by atoms with E-state index in [-0.39, 0.29) is 11.3 Å². The van der Waals surface area contributed by atoms with E-state index in [4.69, 9.17) is 10.8 Å². The van der Waals surface area contributed by atoms with E-state index in [0.29, 0.717) is 18.7 Å². The average molecular weight is 281 g/mol. The van der Waals surface area contributed by atoms with E-state index in [0.717, 1.165) is 11.8 Å². The van der Waals surface area contributed by atoms with E-state index in [1.54, 1.807) is 5.51 Å². The third-order valence-electron chi connectivity index (χ3n) is 2.59. The smallest absolute Gasteiger partial charge is 0.340 e. The molecule has 5 nitrogen and oxygen atoms in total. The molecule has 100 valence electrons. The monoisotopic (exact) mass is 281 g/mol. The van der Waals surface area contributed by atoms with Gasteiger partial charge in [-0.05, 0) is 12.1 Å². The van der Waals surface area contributed by atoms with Crippen molar-refractivity contribution in [1.29, 1.82) is 0 Å². The van der Waals surface area contributed by atoms with Crippen LogP contribution in [-0.2, 0) is 6.42 Å². The van der Waals surface area contributed by atoms with Crippen LogP contribution in [-0.4, -0.2) is 22.6 Å². The molecule has 0 radical (unpaired) electrons. The summed E-state index contributed by atoms with van der Waals surface area (Å²) in [5, 5.41) is 13.9. The highest BCUT2D eigenvalue weighted by atomic mass is 32.1. The van der Waals surface area contributed by atoms with Crippen molar-refractivity contribution in [3.8, 4) is 0 Å². The summed E-state index contributed by atoms with van der Waals surface area (Å²) in [5.74, 6) is -1.99. The van der Waals surface area contributed by atoms with E-state index in [1.165, 1.54) is 17.4 Å². The summed E-state index contributed by atoms with van der Waals surface area (Å²) in [7, 11) is 0. The normalized spacial score (nSPS) is 10.4. The van der Waals surface area contributed by atoms with Gasteiger partial charge in [0.05, 0.1) is 22.6 Å². The van der Waals surface area contributed by atoms with Crippen molar-refractivity contribution in [2.45, 2.75) is 6.42 Å². The number of thiazole rings is 1. The molecule has 1 aromatic carbocycles. The van der Waals surface area contributed by atoms with Crippen LogP contribution in [0.5, 0.6) is 0 Å². The number of carbonyl (C=O) groups is 1. The lowest BCUT2D eigenvalue weighted by molar-refractivity contribution is 0.0698. The van der Waals surface area contributed by atoms with Gasteiger partial charge in [-0.2, -0.15) is 0 Å². The first-order valence-electron chi connectivity index (χ1n) is 5.52. The Balaban J connectivity index is 2.11. The second-order valence-electron chi connectivity index (χ2n) is 3.85. The number of nitrogens with one attached hydrogen (secondary N) is 1. The SMILES string of the molecule is Nc1c(F)ccc(NCCc2cscn2)c1C(=O)O. The summed E-state index contributed by atoms with van der Waals surface area (Å²) < 4.78 is 13.2. The fourth-order valence-electron chi connectivity index (χ4n) is 1.66. The van der Waals surface area contributed by atoms with Crippen molar-refractivity contribution >= 4 is 28.7 Å². The van der Waals surface area contributed by atoms with Gasteiger partial charge in [0.25, 0.3) is 0 Å². The summed E-state index contributed by atoms with van der Waals surface area (Å²) in [6.07, 6.45) is 0.653. The van der Waals surface area contributed by atoms with Crippen LogP contribution in [0.2, 0.25) is 0 Å².